The topological polar surface area (TPSA) is 82.2 Å². The first-order chi connectivity index (χ1) is 10.1. The maximum Gasteiger partial charge on any atom is 0.306 e. The molecule has 0 unspecified atom stereocenters. The molecule has 0 radical (unpaired) electrons. The molecule has 2 aromatic rings. The molecular formula is C16H18N2O3. The summed E-state index contributed by atoms with van der Waals surface area (Å²) < 4.78 is 0. The Bertz CT molecular complexity index is 677. The number of para-hydroxylation sites is 1. The molecule has 1 heterocycles. The lowest BCUT2D eigenvalue weighted by Crippen LogP contribution is -2.34. The monoisotopic (exact) mass is 286 g/mol. The van der Waals surface area contributed by atoms with Gasteiger partial charge in [-0.3, -0.25) is 9.59 Å². The van der Waals surface area contributed by atoms with E-state index < -0.39 is 5.97 Å². The third-order valence-electron chi connectivity index (χ3n) is 4.17. The van der Waals surface area contributed by atoms with E-state index in [1.165, 1.54) is 0 Å². The van der Waals surface area contributed by atoms with Crippen molar-refractivity contribution in [2.24, 2.45) is 5.92 Å². The molecule has 5 nitrogen and oxygen atoms in total. The lowest BCUT2D eigenvalue weighted by atomic mass is 10.1. The molecule has 21 heavy (non-hydrogen) atoms. The Morgan fingerprint density at radius 3 is 2.86 bits per heavy atom. The van der Waals surface area contributed by atoms with Crippen LogP contribution in [0.5, 0.6) is 0 Å². The minimum Gasteiger partial charge on any atom is -0.481 e. The van der Waals surface area contributed by atoms with Gasteiger partial charge in [0, 0.05) is 23.1 Å². The average Bonchev–Trinajstić information content (AvgIpc) is 3.07. The van der Waals surface area contributed by atoms with Crippen molar-refractivity contribution in [2.45, 2.75) is 31.7 Å². The summed E-state index contributed by atoms with van der Waals surface area (Å²) in [4.78, 5) is 26.2. The Hall–Kier alpha value is -2.30. The van der Waals surface area contributed by atoms with Gasteiger partial charge >= 0.3 is 5.97 Å². The minimum atomic E-state index is -0.761. The smallest absolute Gasteiger partial charge is 0.306 e. The highest BCUT2D eigenvalue weighted by molar-refractivity contribution is 5.89. The largest absolute Gasteiger partial charge is 0.481 e. The van der Waals surface area contributed by atoms with Gasteiger partial charge in [-0.1, -0.05) is 18.2 Å². The molecule has 0 bridgehead atoms. The number of amides is 1. The van der Waals surface area contributed by atoms with Gasteiger partial charge in [0.05, 0.1) is 12.3 Å². The molecule has 0 spiro atoms. The number of aromatic nitrogens is 1. The predicted molar refractivity (Wildman–Crippen MR) is 78.9 cm³/mol. The standard InChI is InChI=1S/C16H18N2O3/c19-15(18-12-6-5-10(7-12)16(20)21)8-11-9-17-14-4-2-1-3-13(11)14/h1-4,9-10,12,17H,5-8H2,(H,18,19)(H,20,21)/t10-,12+/m0/s1. The highest BCUT2D eigenvalue weighted by Gasteiger charge is 2.30. The van der Waals surface area contributed by atoms with E-state index >= 15 is 0 Å². The molecule has 1 aromatic carbocycles. The second-order valence-electron chi connectivity index (χ2n) is 5.65. The molecule has 3 N–H and O–H groups in total. The molecule has 0 saturated heterocycles. The van der Waals surface area contributed by atoms with E-state index in [0.717, 1.165) is 22.9 Å². The highest BCUT2D eigenvalue weighted by atomic mass is 16.4. The number of rotatable bonds is 4. The van der Waals surface area contributed by atoms with E-state index in [2.05, 4.69) is 10.3 Å². The Morgan fingerprint density at radius 1 is 1.29 bits per heavy atom. The van der Waals surface area contributed by atoms with Gasteiger partial charge in [-0.15, -0.1) is 0 Å². The summed E-state index contributed by atoms with van der Waals surface area (Å²) in [6, 6.07) is 7.86. The maximum atomic E-state index is 12.1. The molecule has 1 saturated carbocycles. The van der Waals surface area contributed by atoms with Crippen molar-refractivity contribution in [3.63, 3.8) is 0 Å². The normalized spacial score (nSPS) is 21.5. The maximum absolute atomic E-state index is 12.1. The third-order valence-corrected chi connectivity index (χ3v) is 4.17. The van der Waals surface area contributed by atoms with Gasteiger partial charge in [0.25, 0.3) is 0 Å². The number of carboxylic acid groups (broad SMARTS) is 1. The zero-order chi connectivity index (χ0) is 14.8. The Kier molecular flexibility index (Phi) is 3.64. The van der Waals surface area contributed by atoms with E-state index in [-0.39, 0.29) is 17.9 Å². The number of H-pyrrole nitrogens is 1. The van der Waals surface area contributed by atoms with Crippen LogP contribution in [0.15, 0.2) is 30.5 Å². The van der Waals surface area contributed by atoms with Crippen molar-refractivity contribution in [1.29, 1.82) is 0 Å². The number of aliphatic carboxylic acids is 1. The van der Waals surface area contributed by atoms with Crippen molar-refractivity contribution in [2.75, 3.05) is 0 Å². The summed E-state index contributed by atoms with van der Waals surface area (Å²) in [7, 11) is 0. The second kappa shape index (κ2) is 5.60. The van der Waals surface area contributed by atoms with Crippen LogP contribution in [0.1, 0.15) is 24.8 Å². The van der Waals surface area contributed by atoms with Gasteiger partial charge in [-0.05, 0) is 30.9 Å². The fraction of sp³-hybridized carbons (Fsp3) is 0.375. The van der Waals surface area contributed by atoms with Crippen LogP contribution in [0.2, 0.25) is 0 Å². The summed E-state index contributed by atoms with van der Waals surface area (Å²) >= 11 is 0. The first kappa shape index (κ1) is 13.7. The molecule has 1 fully saturated rings. The van der Waals surface area contributed by atoms with Crippen LogP contribution in [0.4, 0.5) is 0 Å². The molecule has 1 aliphatic carbocycles. The molecule has 1 aliphatic rings. The number of aromatic amines is 1. The van der Waals surface area contributed by atoms with Gasteiger partial charge < -0.3 is 15.4 Å². The summed E-state index contributed by atoms with van der Waals surface area (Å²) in [6.07, 6.45) is 4.11. The first-order valence-electron chi connectivity index (χ1n) is 7.20. The van der Waals surface area contributed by atoms with Gasteiger partial charge in [-0.25, -0.2) is 0 Å². The van der Waals surface area contributed by atoms with E-state index in [1.807, 2.05) is 30.5 Å². The van der Waals surface area contributed by atoms with Crippen LogP contribution in [0.25, 0.3) is 10.9 Å². The van der Waals surface area contributed by atoms with Crippen LogP contribution in [0.3, 0.4) is 0 Å². The molecule has 5 heteroatoms. The Morgan fingerprint density at radius 2 is 2.10 bits per heavy atom. The van der Waals surface area contributed by atoms with Crippen LogP contribution < -0.4 is 5.32 Å². The number of hydrogen-bond donors (Lipinski definition) is 3. The zero-order valence-corrected chi connectivity index (χ0v) is 11.6. The van der Waals surface area contributed by atoms with Crippen molar-refractivity contribution in [3.05, 3.63) is 36.0 Å². The van der Waals surface area contributed by atoms with E-state index in [1.54, 1.807) is 0 Å². The van der Waals surface area contributed by atoms with Crippen molar-refractivity contribution < 1.29 is 14.7 Å². The second-order valence-corrected chi connectivity index (χ2v) is 5.65. The highest BCUT2D eigenvalue weighted by Crippen LogP contribution is 2.26. The number of benzene rings is 1. The SMILES string of the molecule is O=C(Cc1c[nH]c2ccccc12)N[C@@H]1CC[C@H](C(=O)O)C1. The number of hydrogen-bond acceptors (Lipinski definition) is 2. The fourth-order valence-corrected chi connectivity index (χ4v) is 3.07. The predicted octanol–water partition coefficient (Wildman–Crippen LogP) is 2.08. The van der Waals surface area contributed by atoms with Crippen LogP contribution in [0, 0.1) is 5.92 Å². The Balaban J connectivity index is 1.61. The van der Waals surface area contributed by atoms with E-state index in [9.17, 15) is 9.59 Å². The average molecular weight is 286 g/mol. The molecule has 2 atom stereocenters. The minimum absolute atomic E-state index is 0.0104. The van der Waals surface area contributed by atoms with Crippen molar-refractivity contribution in [3.8, 4) is 0 Å². The summed E-state index contributed by atoms with van der Waals surface area (Å²) in [5.74, 6) is -1.12. The van der Waals surface area contributed by atoms with Gasteiger partial charge in [0.2, 0.25) is 5.91 Å². The van der Waals surface area contributed by atoms with E-state index in [0.29, 0.717) is 19.3 Å². The van der Waals surface area contributed by atoms with Crippen molar-refractivity contribution >= 4 is 22.8 Å². The lowest BCUT2D eigenvalue weighted by Gasteiger charge is -2.12. The summed E-state index contributed by atoms with van der Waals surface area (Å²) in [5, 5.41) is 13.0. The molecule has 110 valence electrons. The van der Waals surface area contributed by atoms with Crippen LogP contribution in [-0.4, -0.2) is 28.0 Å². The van der Waals surface area contributed by atoms with Crippen LogP contribution in [-0.2, 0) is 16.0 Å². The first-order valence-corrected chi connectivity index (χ1v) is 7.20. The summed E-state index contributed by atoms with van der Waals surface area (Å²) in [5.41, 5.74) is 1.99. The zero-order valence-electron chi connectivity index (χ0n) is 11.6. The van der Waals surface area contributed by atoms with E-state index in [4.69, 9.17) is 5.11 Å². The molecular weight excluding hydrogens is 268 g/mol. The number of carboxylic acids is 1. The van der Waals surface area contributed by atoms with Gasteiger partial charge in [0.1, 0.15) is 0 Å². The van der Waals surface area contributed by atoms with Gasteiger partial charge in [0.15, 0.2) is 0 Å². The third kappa shape index (κ3) is 2.91. The lowest BCUT2D eigenvalue weighted by molar-refractivity contribution is -0.141. The quantitative estimate of drug-likeness (QED) is 0.804. The Labute approximate surface area is 122 Å². The molecule has 0 aliphatic heterocycles. The molecule has 1 aromatic heterocycles. The molecule has 1 amide bonds. The number of carbonyl (C=O) groups excluding carboxylic acids is 1. The number of fused-ring (bicyclic) bond motifs is 1. The van der Waals surface area contributed by atoms with Crippen LogP contribution >= 0.6 is 0 Å². The number of carbonyl (C=O) groups is 2. The number of nitrogens with one attached hydrogen (secondary N) is 2. The van der Waals surface area contributed by atoms with Gasteiger partial charge in [-0.2, -0.15) is 0 Å². The fourth-order valence-electron chi connectivity index (χ4n) is 3.07. The van der Waals surface area contributed by atoms with Crippen molar-refractivity contribution in [1.82, 2.24) is 10.3 Å². The molecule has 3 rings (SSSR count). The summed E-state index contributed by atoms with van der Waals surface area (Å²) in [6.45, 7) is 0.